The zero-order chi connectivity index (χ0) is 11.6. The largest absolute Gasteiger partial charge is 0.491 e. The Balaban J connectivity index is 0.00000256. The maximum absolute atomic E-state index is 5.52. The molecule has 0 heterocycles. The average Bonchev–Trinajstić information content (AvgIpc) is 2.34. The first-order valence-electron chi connectivity index (χ1n) is 5.65. The van der Waals surface area contributed by atoms with Crippen molar-refractivity contribution in [2.24, 2.45) is 0 Å². The van der Waals surface area contributed by atoms with Crippen LogP contribution in [0.25, 0.3) is 0 Å². The van der Waals surface area contributed by atoms with Crippen molar-refractivity contribution in [3.8, 4) is 5.75 Å². The van der Waals surface area contributed by atoms with Crippen molar-refractivity contribution in [1.82, 2.24) is 6.15 Å². The number of ether oxygens (including phenoxy) is 3. The SMILES string of the molecule is CCc1ccc(OCCOCCOC)cc1.N. The fourth-order valence-corrected chi connectivity index (χ4v) is 1.28. The summed E-state index contributed by atoms with van der Waals surface area (Å²) in [5, 5.41) is 0. The molecule has 17 heavy (non-hydrogen) atoms. The Bertz CT molecular complexity index is 274. The lowest BCUT2D eigenvalue weighted by molar-refractivity contribution is 0.0544. The monoisotopic (exact) mass is 241 g/mol. The highest BCUT2D eigenvalue weighted by Crippen LogP contribution is 2.12. The first kappa shape index (κ1) is 15.9. The second-order valence-electron chi connectivity index (χ2n) is 3.45. The van der Waals surface area contributed by atoms with Gasteiger partial charge < -0.3 is 20.4 Å². The van der Waals surface area contributed by atoms with Gasteiger partial charge in [-0.15, -0.1) is 0 Å². The molecule has 0 bridgehead atoms. The third-order valence-electron chi connectivity index (χ3n) is 2.26. The quantitative estimate of drug-likeness (QED) is 0.710. The van der Waals surface area contributed by atoms with E-state index in [0.29, 0.717) is 26.4 Å². The smallest absolute Gasteiger partial charge is 0.119 e. The molecule has 4 nitrogen and oxygen atoms in total. The molecule has 0 fully saturated rings. The Morgan fingerprint density at radius 1 is 0.941 bits per heavy atom. The summed E-state index contributed by atoms with van der Waals surface area (Å²) >= 11 is 0. The van der Waals surface area contributed by atoms with Crippen molar-refractivity contribution in [1.29, 1.82) is 0 Å². The molecule has 0 spiro atoms. The summed E-state index contributed by atoms with van der Waals surface area (Å²) in [6, 6.07) is 8.16. The van der Waals surface area contributed by atoms with Crippen LogP contribution in [0, 0.1) is 0 Å². The molecule has 0 amide bonds. The highest BCUT2D eigenvalue weighted by molar-refractivity contribution is 5.27. The Hall–Kier alpha value is -1.10. The van der Waals surface area contributed by atoms with Crippen LogP contribution in [0.3, 0.4) is 0 Å². The van der Waals surface area contributed by atoms with Crippen LogP contribution in [0.15, 0.2) is 24.3 Å². The molecule has 0 aliphatic rings. The predicted octanol–water partition coefficient (Wildman–Crippen LogP) is 2.45. The van der Waals surface area contributed by atoms with Gasteiger partial charge in [0.05, 0.1) is 19.8 Å². The van der Waals surface area contributed by atoms with Crippen LogP contribution in [-0.4, -0.2) is 33.5 Å². The van der Waals surface area contributed by atoms with Gasteiger partial charge in [-0.25, -0.2) is 0 Å². The molecule has 0 radical (unpaired) electrons. The fraction of sp³-hybridized carbons (Fsp3) is 0.538. The van der Waals surface area contributed by atoms with Gasteiger partial charge in [-0.1, -0.05) is 19.1 Å². The molecule has 4 heteroatoms. The van der Waals surface area contributed by atoms with Crippen LogP contribution in [-0.2, 0) is 15.9 Å². The van der Waals surface area contributed by atoms with Crippen LogP contribution in [0.4, 0.5) is 0 Å². The second kappa shape index (κ2) is 10.1. The highest BCUT2D eigenvalue weighted by Gasteiger charge is 1.94. The lowest BCUT2D eigenvalue weighted by Crippen LogP contribution is -2.09. The Morgan fingerprint density at radius 3 is 2.18 bits per heavy atom. The van der Waals surface area contributed by atoms with Gasteiger partial charge in [-0.3, -0.25) is 0 Å². The maximum Gasteiger partial charge on any atom is 0.119 e. The Labute approximate surface area is 103 Å². The van der Waals surface area contributed by atoms with Gasteiger partial charge in [0.15, 0.2) is 0 Å². The average molecular weight is 241 g/mol. The molecular weight excluding hydrogens is 218 g/mol. The number of hydrogen-bond acceptors (Lipinski definition) is 4. The molecule has 0 aliphatic heterocycles. The van der Waals surface area contributed by atoms with Crippen molar-refractivity contribution in [2.75, 3.05) is 33.5 Å². The Morgan fingerprint density at radius 2 is 1.59 bits per heavy atom. The molecular formula is C13H23NO3. The minimum atomic E-state index is 0. The lowest BCUT2D eigenvalue weighted by Gasteiger charge is -2.07. The number of methoxy groups -OCH3 is 1. The lowest BCUT2D eigenvalue weighted by atomic mass is 10.2. The van der Waals surface area contributed by atoms with Gasteiger partial charge in [0.2, 0.25) is 0 Å². The van der Waals surface area contributed by atoms with E-state index < -0.39 is 0 Å². The molecule has 1 rings (SSSR count). The second-order valence-corrected chi connectivity index (χ2v) is 3.45. The molecule has 1 aromatic rings. The first-order valence-corrected chi connectivity index (χ1v) is 5.65. The number of aryl methyl sites for hydroxylation is 1. The summed E-state index contributed by atoms with van der Waals surface area (Å²) in [5.41, 5.74) is 1.32. The van der Waals surface area contributed by atoms with Crippen molar-refractivity contribution in [3.05, 3.63) is 29.8 Å². The van der Waals surface area contributed by atoms with Crippen LogP contribution >= 0.6 is 0 Å². The minimum Gasteiger partial charge on any atom is -0.491 e. The minimum absolute atomic E-state index is 0. The van der Waals surface area contributed by atoms with Gasteiger partial charge >= 0.3 is 0 Å². The number of hydrogen-bond donors (Lipinski definition) is 1. The fourth-order valence-electron chi connectivity index (χ4n) is 1.28. The van der Waals surface area contributed by atoms with Crippen LogP contribution < -0.4 is 10.9 Å². The summed E-state index contributed by atoms with van der Waals surface area (Å²) in [5.74, 6) is 0.896. The van der Waals surface area contributed by atoms with Crippen molar-refractivity contribution in [3.63, 3.8) is 0 Å². The predicted molar refractivity (Wildman–Crippen MR) is 69.0 cm³/mol. The summed E-state index contributed by atoms with van der Waals surface area (Å²) in [4.78, 5) is 0. The molecule has 98 valence electrons. The van der Waals surface area contributed by atoms with Crippen molar-refractivity contribution < 1.29 is 14.2 Å². The highest BCUT2D eigenvalue weighted by atomic mass is 16.5. The van der Waals surface area contributed by atoms with Gasteiger partial charge in [0.25, 0.3) is 0 Å². The van der Waals surface area contributed by atoms with E-state index in [2.05, 4.69) is 19.1 Å². The van der Waals surface area contributed by atoms with E-state index in [1.807, 2.05) is 12.1 Å². The third-order valence-corrected chi connectivity index (χ3v) is 2.26. The molecule has 3 N–H and O–H groups in total. The van der Waals surface area contributed by atoms with E-state index >= 15 is 0 Å². The molecule has 0 atom stereocenters. The zero-order valence-electron chi connectivity index (χ0n) is 10.8. The standard InChI is InChI=1S/C13H20O3.H3N/c1-3-12-4-6-13(7-5-12)16-11-10-15-9-8-14-2;/h4-7H,3,8-11H2,1-2H3;1H3. The normalized spacial score (nSPS) is 9.76. The van der Waals surface area contributed by atoms with E-state index in [1.54, 1.807) is 7.11 Å². The van der Waals surface area contributed by atoms with Crippen LogP contribution in [0.2, 0.25) is 0 Å². The summed E-state index contributed by atoms with van der Waals surface area (Å²) < 4.78 is 15.7. The molecule has 0 saturated heterocycles. The molecule has 1 aromatic carbocycles. The van der Waals surface area contributed by atoms with Gasteiger partial charge in [-0.05, 0) is 24.1 Å². The van der Waals surface area contributed by atoms with Gasteiger partial charge in [0.1, 0.15) is 12.4 Å². The van der Waals surface area contributed by atoms with Crippen molar-refractivity contribution >= 4 is 0 Å². The van der Waals surface area contributed by atoms with Gasteiger partial charge in [0, 0.05) is 7.11 Å². The molecule has 0 unspecified atom stereocenters. The number of benzene rings is 1. The van der Waals surface area contributed by atoms with Gasteiger partial charge in [-0.2, -0.15) is 0 Å². The summed E-state index contributed by atoms with van der Waals surface area (Å²) in [6.45, 7) is 4.56. The van der Waals surface area contributed by atoms with Crippen LogP contribution in [0.5, 0.6) is 5.75 Å². The summed E-state index contributed by atoms with van der Waals surface area (Å²) in [7, 11) is 1.66. The molecule has 0 aliphatic carbocycles. The molecule has 0 aromatic heterocycles. The first-order chi connectivity index (χ1) is 7.86. The molecule has 0 saturated carbocycles. The van der Waals surface area contributed by atoms with E-state index in [-0.39, 0.29) is 6.15 Å². The van der Waals surface area contributed by atoms with E-state index in [1.165, 1.54) is 5.56 Å². The van der Waals surface area contributed by atoms with Crippen molar-refractivity contribution in [2.45, 2.75) is 13.3 Å². The van der Waals surface area contributed by atoms with E-state index in [4.69, 9.17) is 14.2 Å². The number of rotatable bonds is 8. The third kappa shape index (κ3) is 6.94. The van der Waals surface area contributed by atoms with E-state index in [0.717, 1.165) is 12.2 Å². The topological polar surface area (TPSA) is 62.7 Å². The van der Waals surface area contributed by atoms with E-state index in [9.17, 15) is 0 Å². The zero-order valence-corrected chi connectivity index (χ0v) is 10.8. The summed E-state index contributed by atoms with van der Waals surface area (Å²) in [6.07, 6.45) is 1.06. The van der Waals surface area contributed by atoms with Crippen LogP contribution in [0.1, 0.15) is 12.5 Å². The Kier molecular flexibility index (Phi) is 9.43. The maximum atomic E-state index is 5.52.